The second kappa shape index (κ2) is 45.0. The standard InChI is InChI=1S/C38H38FN5O3.C37H38FN5O5.C31H32FN5O4/c1-24(2)35-34(37(46)41-28-10-6-4-7-11-28)33(31-18-20-40-38(43-31)42-29-12-8-5-9-13-29)36(26-14-16-27(39)17-15-26)44(35)21-19-30-22-25(3)23-32(45)47-30;1-23(2)34-33(36(48)40-26-9-5-3-6-10-26)32(30-17-19-39-37(42-30)41-27-11-7-4-8-12-27)35(24-13-15-25(38)16-14-24)43(34)20-18-28(44)21-29(45)22-31(46)47;1-18(2)28-27(30(40)35-21-6-4-3-5-7-21)26(24-12-14-34-31(33)36-24)29(19-8-10-20(32)11-9-19)37(28)15-13-23-16-22(38)17-25(39)41-23/h4-18,20,24-25,30H,19,21-23H2,1-3H3,(H,41,46)(H,40,42,43);3-17,19,23,28-29,44-45H,18,20-22H2,1-2H3,(H,40,48)(H,46,47)(H,39,41,42);3-12,14,18,22-23,38H,13,15-17H2,1-2H3,(H,35,40)(H2,33,34,36). The van der Waals surface area contributed by atoms with Crippen molar-refractivity contribution in [3.05, 3.63) is 312 Å². The van der Waals surface area contributed by atoms with Crippen LogP contribution in [0.5, 0.6) is 0 Å². The Morgan fingerprint density at radius 3 is 1.10 bits per heavy atom. The monoisotopic (exact) mass is 1840 g/mol. The Morgan fingerprint density at radius 2 is 0.765 bits per heavy atom. The van der Waals surface area contributed by atoms with Crippen LogP contribution in [0.25, 0.3) is 67.5 Å². The average Bonchev–Trinajstić information content (AvgIpc) is 1.59. The third kappa shape index (κ3) is 24.4. The van der Waals surface area contributed by atoms with Gasteiger partial charge in [0.2, 0.25) is 17.8 Å². The zero-order valence-electron chi connectivity index (χ0n) is 76.3. The molecule has 11 N–H and O–H groups in total. The van der Waals surface area contributed by atoms with Gasteiger partial charge in [0.15, 0.2) is 0 Å². The summed E-state index contributed by atoms with van der Waals surface area (Å²) in [5.41, 5.74) is 19.9. The summed E-state index contributed by atoms with van der Waals surface area (Å²) in [6.07, 6.45) is 2.99. The van der Waals surface area contributed by atoms with Gasteiger partial charge in [-0.1, -0.05) is 139 Å². The number of carboxylic acid groups (broad SMARTS) is 1. The number of carbonyl (C=O) groups excluding carboxylic acids is 5. The molecule has 0 spiro atoms. The number of cyclic esters (lactones) is 2. The maximum Gasteiger partial charge on any atom is 0.308 e. The lowest BCUT2D eigenvalue weighted by molar-refractivity contribution is -0.160. The predicted molar refractivity (Wildman–Crippen MR) is 518 cm³/mol. The number of rotatable bonds is 32. The van der Waals surface area contributed by atoms with Gasteiger partial charge in [0.1, 0.15) is 29.7 Å². The lowest BCUT2D eigenvalue weighted by atomic mass is 9.95. The van der Waals surface area contributed by atoms with E-state index in [0.717, 1.165) is 40.4 Å². The number of benzene rings is 8. The van der Waals surface area contributed by atoms with Gasteiger partial charge in [0.25, 0.3) is 17.7 Å². The summed E-state index contributed by atoms with van der Waals surface area (Å²) in [6.45, 7) is 15.1. The zero-order chi connectivity index (χ0) is 96.2. The number of aliphatic carboxylic acids is 1. The molecule has 2 aliphatic heterocycles. The second-order valence-corrected chi connectivity index (χ2v) is 34.5. The second-order valence-electron chi connectivity index (χ2n) is 34.5. The Labute approximate surface area is 785 Å². The van der Waals surface area contributed by atoms with Crippen molar-refractivity contribution in [1.29, 1.82) is 0 Å². The quantitative estimate of drug-likeness (QED) is 0.0175. The molecule has 6 unspecified atom stereocenters. The first-order chi connectivity index (χ1) is 65.6. The number of carbonyl (C=O) groups is 6. The molecule has 0 radical (unpaired) electrons. The van der Waals surface area contributed by atoms with E-state index in [4.69, 9.17) is 30.3 Å². The van der Waals surface area contributed by atoms with Crippen molar-refractivity contribution in [1.82, 2.24) is 43.6 Å². The van der Waals surface area contributed by atoms with Crippen molar-refractivity contribution in [3.8, 4) is 67.5 Å². The van der Waals surface area contributed by atoms with E-state index in [9.17, 15) is 57.3 Å². The lowest BCUT2D eigenvalue weighted by Crippen LogP contribution is -2.33. The van der Waals surface area contributed by atoms with Gasteiger partial charge in [-0.15, -0.1) is 0 Å². The average molecular weight is 1840 g/mol. The van der Waals surface area contributed by atoms with Crippen LogP contribution in [0.1, 0.15) is 172 Å². The molecule has 2 fully saturated rings. The Balaban J connectivity index is 0.000000164. The van der Waals surface area contributed by atoms with Crippen LogP contribution >= 0.6 is 0 Å². The molecule has 6 atom stereocenters. The van der Waals surface area contributed by atoms with Crippen LogP contribution in [0.2, 0.25) is 0 Å². The summed E-state index contributed by atoms with van der Waals surface area (Å²) in [7, 11) is 0. The van der Waals surface area contributed by atoms with Crippen LogP contribution in [0.3, 0.4) is 0 Å². The first kappa shape index (κ1) is 96.8. The summed E-state index contributed by atoms with van der Waals surface area (Å²) in [4.78, 5) is 105. The minimum atomic E-state index is -1.22. The maximum absolute atomic E-state index is 14.4. The van der Waals surface area contributed by atoms with E-state index in [1.54, 1.807) is 91.3 Å². The minimum absolute atomic E-state index is 0.0266. The predicted octanol–water partition coefficient (Wildman–Crippen LogP) is 20.6. The van der Waals surface area contributed by atoms with Gasteiger partial charge in [0.05, 0.1) is 82.0 Å². The number of anilines is 8. The Kier molecular flexibility index (Phi) is 32.0. The number of nitrogens with two attached hydrogens (primary N) is 1. The number of nitrogens with one attached hydrogen (secondary N) is 5. The third-order valence-electron chi connectivity index (χ3n) is 23.2. The number of aliphatic hydroxyl groups excluding tert-OH is 3. The minimum Gasteiger partial charge on any atom is -0.481 e. The van der Waals surface area contributed by atoms with Gasteiger partial charge in [-0.2, -0.15) is 0 Å². The molecule has 0 bridgehead atoms. The number of nitrogen functional groups attached to an aromatic ring is 1. The van der Waals surface area contributed by atoms with Crippen molar-refractivity contribution in [3.63, 3.8) is 0 Å². The van der Waals surface area contributed by atoms with E-state index >= 15 is 0 Å². The van der Waals surface area contributed by atoms with Crippen LogP contribution in [0, 0.1) is 23.4 Å². The van der Waals surface area contributed by atoms with Crippen LogP contribution < -0.4 is 32.3 Å². The fraction of sp³-hybridized carbons (Fsp3) is 0.264. The highest BCUT2D eigenvalue weighted by molar-refractivity contribution is 6.14. The molecule has 16 rings (SSSR count). The number of halogens is 3. The van der Waals surface area contributed by atoms with Crippen molar-refractivity contribution in [2.75, 3.05) is 32.3 Å². The van der Waals surface area contributed by atoms with E-state index in [-0.39, 0.29) is 91.0 Å². The van der Waals surface area contributed by atoms with Gasteiger partial charge in [0, 0.05) is 126 Å². The number of hydrogen-bond acceptors (Lipinski definition) is 20. The summed E-state index contributed by atoms with van der Waals surface area (Å²) >= 11 is 0. The summed E-state index contributed by atoms with van der Waals surface area (Å²) in [5, 5.41) is 55.9. The number of carboxylic acids is 1. The Bertz CT molecular complexity index is 6490. The molecule has 30 heteroatoms. The van der Waals surface area contributed by atoms with Gasteiger partial charge >= 0.3 is 17.9 Å². The van der Waals surface area contributed by atoms with Gasteiger partial charge < -0.3 is 75.9 Å². The molecule has 8 heterocycles. The fourth-order valence-corrected chi connectivity index (χ4v) is 17.5. The van der Waals surface area contributed by atoms with Crippen LogP contribution in [-0.2, 0) is 43.5 Å². The number of aromatic nitrogens is 9. The molecule has 136 heavy (non-hydrogen) atoms. The van der Waals surface area contributed by atoms with Crippen LogP contribution in [0.4, 0.5) is 59.5 Å². The number of nitrogens with zero attached hydrogens (tertiary/aromatic N) is 9. The number of aliphatic hydroxyl groups is 3. The van der Waals surface area contributed by atoms with Crippen molar-refractivity contribution in [2.24, 2.45) is 5.92 Å². The zero-order valence-corrected chi connectivity index (χ0v) is 76.3. The van der Waals surface area contributed by atoms with E-state index in [2.05, 4.69) is 71.9 Å². The molecule has 27 nitrogen and oxygen atoms in total. The van der Waals surface area contributed by atoms with Gasteiger partial charge in [-0.25, -0.2) is 43.1 Å². The number of hydrogen-bond donors (Lipinski definition) is 10. The molecule has 8 aromatic carbocycles. The molecule has 14 aromatic rings. The number of para-hydroxylation sites is 5. The summed E-state index contributed by atoms with van der Waals surface area (Å²) in [6, 6.07) is 70.0. The molecular formula is C106H108F3N15O12. The van der Waals surface area contributed by atoms with E-state index in [1.165, 1.54) is 42.6 Å². The molecule has 6 aromatic heterocycles. The van der Waals surface area contributed by atoms with E-state index < -0.39 is 54.4 Å². The Morgan fingerprint density at radius 1 is 0.434 bits per heavy atom. The summed E-state index contributed by atoms with van der Waals surface area (Å²) < 4.78 is 59.9. The SMILES string of the molecule is CC(C)c1c(C(=O)Nc2ccccc2)c(-c2ccnc(N)n2)c(-c2ccc(F)cc2)n1CCC1CC(O)CC(=O)O1.CC(C)c1c(C(=O)Nc2ccccc2)c(-c2ccnc(Nc3ccccc3)n2)c(-c2ccc(F)cc2)n1CCC(O)CC(O)CC(=O)O.CC1CC(=O)OC(CCn2c(-c3ccc(F)cc3)c(-c3ccnc(Nc4ccccc4)n3)c(C(=O)Nc3ccccc3)c2C(C)C)C1. The first-order valence-corrected chi connectivity index (χ1v) is 45.3. The highest BCUT2D eigenvalue weighted by Gasteiger charge is 2.38. The molecule has 3 amide bonds. The lowest BCUT2D eigenvalue weighted by Gasteiger charge is -2.27. The van der Waals surface area contributed by atoms with Crippen LogP contribution in [-0.4, -0.2) is 130 Å². The van der Waals surface area contributed by atoms with Crippen molar-refractivity contribution < 1.29 is 71.8 Å². The molecule has 2 aliphatic rings. The first-order valence-electron chi connectivity index (χ1n) is 45.3. The van der Waals surface area contributed by atoms with E-state index in [1.807, 2.05) is 164 Å². The number of ether oxygens (including phenoxy) is 2. The number of amides is 3. The Hall–Kier alpha value is -15.3. The van der Waals surface area contributed by atoms with Crippen molar-refractivity contribution >= 4 is 81.9 Å². The van der Waals surface area contributed by atoms with Crippen molar-refractivity contribution in [2.45, 2.75) is 174 Å². The number of esters is 2. The summed E-state index contributed by atoms with van der Waals surface area (Å²) in [5.74, 6) is -3.44. The molecule has 700 valence electrons. The van der Waals surface area contributed by atoms with Gasteiger partial charge in [-0.3, -0.25) is 28.8 Å². The largest absolute Gasteiger partial charge is 0.481 e. The topological polar surface area (TPSA) is 380 Å². The van der Waals surface area contributed by atoms with Gasteiger partial charge in [-0.05, 0) is 211 Å². The highest BCUT2D eigenvalue weighted by Crippen LogP contribution is 2.47. The smallest absolute Gasteiger partial charge is 0.308 e. The fourth-order valence-electron chi connectivity index (χ4n) is 17.5. The maximum atomic E-state index is 14.4. The third-order valence-corrected chi connectivity index (χ3v) is 23.2. The molecule has 0 aliphatic carbocycles. The van der Waals surface area contributed by atoms with E-state index in [0.29, 0.717) is 146 Å². The normalized spacial score (nSPS) is 15.1. The molecule has 0 saturated carbocycles. The molecular weight excluding hydrogens is 1730 g/mol. The van der Waals surface area contributed by atoms with Crippen LogP contribution in [0.15, 0.2) is 261 Å². The highest BCUT2D eigenvalue weighted by atomic mass is 19.1. The molecule has 2 saturated heterocycles.